The predicted molar refractivity (Wildman–Crippen MR) is 82.8 cm³/mol. The molecule has 0 aromatic heterocycles. The molecule has 1 aromatic rings. The van der Waals surface area contributed by atoms with Crippen LogP contribution in [0.3, 0.4) is 0 Å². The van der Waals surface area contributed by atoms with Gasteiger partial charge in [0, 0.05) is 5.56 Å². The molecule has 1 rings (SSSR count). The summed E-state index contributed by atoms with van der Waals surface area (Å²) in [6.07, 6.45) is 0. The summed E-state index contributed by atoms with van der Waals surface area (Å²) in [6, 6.07) is 3.07. The molecule has 2 N–H and O–H groups in total. The number of rotatable bonds is 6. The first-order valence-electron chi connectivity index (χ1n) is 6.74. The highest BCUT2D eigenvalue weighted by Crippen LogP contribution is 2.37. The first kappa shape index (κ1) is 20.6. The average Bonchev–Trinajstić information content (AvgIpc) is 2.45. The molecule has 0 fully saturated rings. The van der Waals surface area contributed by atoms with E-state index in [0.717, 1.165) is 5.56 Å². The summed E-state index contributed by atoms with van der Waals surface area (Å²) in [5, 5.41) is 0. The van der Waals surface area contributed by atoms with Crippen LogP contribution in [-0.4, -0.2) is 25.6 Å². The Bertz CT molecular complexity index is 510. The molecular weight excluding hydrogens is 316 g/mol. The molecule has 0 aliphatic rings. The molecule has 0 spiro atoms. The normalized spacial score (nSPS) is 12.5. The van der Waals surface area contributed by atoms with Crippen molar-refractivity contribution in [2.75, 3.05) is 13.7 Å². The number of alkyl halides is 2. The number of benzene rings is 1. The molecule has 4 nitrogen and oxygen atoms in total. The largest absolute Gasteiger partial charge is 0.496 e. The summed E-state index contributed by atoms with van der Waals surface area (Å²) in [6.45, 7) is 5.19. The number of nitrogens with two attached hydrogens (primary N) is 1. The minimum Gasteiger partial charge on any atom is -0.496 e. The van der Waals surface area contributed by atoms with Crippen molar-refractivity contribution < 1.29 is 23.0 Å². The smallest absolute Gasteiger partial charge is 0.379 e. The van der Waals surface area contributed by atoms with Crippen molar-refractivity contribution in [1.82, 2.24) is 0 Å². The van der Waals surface area contributed by atoms with Gasteiger partial charge in [-0.05, 0) is 24.5 Å². The van der Waals surface area contributed by atoms with E-state index in [1.54, 1.807) is 18.2 Å². The molecule has 0 aliphatic carbocycles. The van der Waals surface area contributed by atoms with Crippen molar-refractivity contribution in [3.8, 4) is 5.75 Å². The molecule has 126 valence electrons. The van der Waals surface area contributed by atoms with Gasteiger partial charge in [-0.15, -0.1) is 12.4 Å². The number of ether oxygens (including phenoxy) is 2. The monoisotopic (exact) mass is 337 g/mol. The summed E-state index contributed by atoms with van der Waals surface area (Å²) >= 11 is 0. The zero-order valence-corrected chi connectivity index (χ0v) is 13.9. The third kappa shape index (κ3) is 4.30. The Labute approximate surface area is 135 Å². The van der Waals surface area contributed by atoms with Crippen LogP contribution in [0.4, 0.5) is 8.78 Å². The highest BCUT2D eigenvalue weighted by atomic mass is 35.5. The van der Waals surface area contributed by atoms with Crippen LogP contribution in [0.1, 0.15) is 43.9 Å². The van der Waals surface area contributed by atoms with Crippen molar-refractivity contribution in [2.24, 2.45) is 5.73 Å². The number of methoxy groups -OCH3 is 1. The van der Waals surface area contributed by atoms with E-state index in [1.165, 1.54) is 14.0 Å². The van der Waals surface area contributed by atoms with Gasteiger partial charge in [-0.2, -0.15) is 8.78 Å². The van der Waals surface area contributed by atoms with Crippen molar-refractivity contribution >= 4 is 18.4 Å². The van der Waals surface area contributed by atoms with Crippen LogP contribution in [0.25, 0.3) is 0 Å². The Kier molecular flexibility index (Phi) is 7.76. The van der Waals surface area contributed by atoms with Crippen LogP contribution in [0.2, 0.25) is 0 Å². The minimum absolute atomic E-state index is 0. The first-order chi connectivity index (χ1) is 9.75. The third-order valence-electron chi connectivity index (χ3n) is 3.19. The maximum absolute atomic E-state index is 14.1. The molecular formula is C15H22ClF2NO3. The highest BCUT2D eigenvalue weighted by Gasteiger charge is 2.48. The topological polar surface area (TPSA) is 61.5 Å². The van der Waals surface area contributed by atoms with Crippen LogP contribution in [-0.2, 0) is 9.53 Å². The quantitative estimate of drug-likeness (QED) is 0.808. The van der Waals surface area contributed by atoms with E-state index in [0.29, 0.717) is 0 Å². The zero-order chi connectivity index (χ0) is 16.2. The SMILES string of the molecule is CCOC(=O)C(F)(F)[C@H](N)c1cc(C(C)C)ccc1OC.Cl. The summed E-state index contributed by atoms with van der Waals surface area (Å²) in [7, 11) is 1.36. The number of carbonyl (C=O) groups excluding carboxylic acids is 1. The van der Waals surface area contributed by atoms with Gasteiger partial charge in [-0.1, -0.05) is 26.0 Å². The Morgan fingerprint density at radius 2 is 1.95 bits per heavy atom. The molecule has 0 heterocycles. The molecule has 0 radical (unpaired) electrons. The van der Waals surface area contributed by atoms with Gasteiger partial charge in [0.15, 0.2) is 0 Å². The first-order valence-corrected chi connectivity index (χ1v) is 6.74. The van der Waals surface area contributed by atoms with E-state index in [4.69, 9.17) is 10.5 Å². The number of hydrogen-bond acceptors (Lipinski definition) is 4. The lowest BCUT2D eigenvalue weighted by Crippen LogP contribution is -2.42. The van der Waals surface area contributed by atoms with E-state index in [-0.39, 0.29) is 36.2 Å². The second-order valence-electron chi connectivity index (χ2n) is 4.98. The van der Waals surface area contributed by atoms with E-state index in [2.05, 4.69) is 4.74 Å². The van der Waals surface area contributed by atoms with E-state index < -0.39 is 17.9 Å². The Morgan fingerprint density at radius 3 is 2.41 bits per heavy atom. The molecule has 0 bridgehead atoms. The fraction of sp³-hybridized carbons (Fsp3) is 0.533. The van der Waals surface area contributed by atoms with Crippen LogP contribution in [0.5, 0.6) is 5.75 Å². The summed E-state index contributed by atoms with van der Waals surface area (Å²) in [5.74, 6) is -5.10. The highest BCUT2D eigenvalue weighted by molar-refractivity contribution is 5.85. The van der Waals surface area contributed by atoms with Gasteiger partial charge in [0.1, 0.15) is 11.8 Å². The summed E-state index contributed by atoms with van der Waals surface area (Å²) in [5.41, 5.74) is 6.54. The fourth-order valence-corrected chi connectivity index (χ4v) is 1.90. The number of carbonyl (C=O) groups is 1. The third-order valence-corrected chi connectivity index (χ3v) is 3.19. The van der Waals surface area contributed by atoms with Crippen LogP contribution >= 0.6 is 12.4 Å². The fourth-order valence-electron chi connectivity index (χ4n) is 1.90. The predicted octanol–water partition coefficient (Wildman–Crippen LogP) is 3.44. The van der Waals surface area contributed by atoms with Crippen LogP contribution in [0, 0.1) is 0 Å². The molecule has 22 heavy (non-hydrogen) atoms. The standard InChI is InChI=1S/C15H21F2NO3.ClH/c1-5-21-14(19)15(16,17)13(18)11-8-10(9(2)3)6-7-12(11)20-4;/h6-9,13H,5,18H2,1-4H3;1H/t13-;/m1./s1. The summed E-state index contributed by atoms with van der Waals surface area (Å²) in [4.78, 5) is 11.4. The number of hydrogen-bond donors (Lipinski definition) is 1. The van der Waals surface area contributed by atoms with Crippen molar-refractivity contribution in [1.29, 1.82) is 0 Å². The number of esters is 1. The molecule has 1 aromatic carbocycles. The van der Waals surface area contributed by atoms with Gasteiger partial charge in [0.2, 0.25) is 0 Å². The second-order valence-corrected chi connectivity index (χ2v) is 4.98. The maximum Gasteiger partial charge on any atom is 0.379 e. The van der Waals surface area contributed by atoms with Crippen LogP contribution < -0.4 is 10.5 Å². The molecule has 0 amide bonds. The van der Waals surface area contributed by atoms with Crippen molar-refractivity contribution in [3.05, 3.63) is 29.3 Å². The van der Waals surface area contributed by atoms with E-state index >= 15 is 0 Å². The molecule has 1 atom stereocenters. The average molecular weight is 338 g/mol. The number of halogens is 3. The summed E-state index contributed by atoms with van der Waals surface area (Å²) < 4.78 is 37.6. The van der Waals surface area contributed by atoms with Gasteiger partial charge in [-0.3, -0.25) is 0 Å². The van der Waals surface area contributed by atoms with E-state index in [9.17, 15) is 13.6 Å². The maximum atomic E-state index is 14.1. The van der Waals surface area contributed by atoms with Gasteiger partial charge in [0.05, 0.1) is 13.7 Å². The van der Waals surface area contributed by atoms with E-state index in [1.807, 2.05) is 13.8 Å². The lowest BCUT2D eigenvalue weighted by atomic mass is 9.94. The Balaban J connectivity index is 0.00000441. The molecule has 0 unspecified atom stereocenters. The van der Waals surface area contributed by atoms with Crippen molar-refractivity contribution in [3.63, 3.8) is 0 Å². The van der Waals surface area contributed by atoms with Gasteiger partial charge in [0.25, 0.3) is 0 Å². The molecule has 7 heteroatoms. The van der Waals surface area contributed by atoms with Crippen LogP contribution in [0.15, 0.2) is 18.2 Å². The molecule has 0 saturated carbocycles. The lowest BCUT2D eigenvalue weighted by Gasteiger charge is -2.24. The zero-order valence-electron chi connectivity index (χ0n) is 13.1. The Morgan fingerprint density at radius 1 is 1.36 bits per heavy atom. The Hall–Kier alpha value is -1.40. The lowest BCUT2D eigenvalue weighted by molar-refractivity contribution is -0.174. The van der Waals surface area contributed by atoms with Gasteiger partial charge in [-0.25, -0.2) is 4.79 Å². The molecule has 0 aliphatic heterocycles. The van der Waals surface area contributed by atoms with Gasteiger partial charge < -0.3 is 15.2 Å². The molecule has 0 saturated heterocycles. The second kappa shape index (κ2) is 8.29. The van der Waals surface area contributed by atoms with Gasteiger partial charge >= 0.3 is 11.9 Å². The minimum atomic E-state index is -3.82. The van der Waals surface area contributed by atoms with Crippen molar-refractivity contribution in [2.45, 2.75) is 38.7 Å².